The van der Waals surface area contributed by atoms with Gasteiger partial charge in [0.15, 0.2) is 0 Å². The summed E-state index contributed by atoms with van der Waals surface area (Å²) in [6, 6.07) is 0. The van der Waals surface area contributed by atoms with Crippen LogP contribution in [0.15, 0.2) is 0 Å². The van der Waals surface area contributed by atoms with Gasteiger partial charge in [0.05, 0.1) is 4.75 Å². The van der Waals surface area contributed by atoms with Crippen LogP contribution >= 0.6 is 0 Å². The Bertz CT molecular complexity index is 214. The number of hydrogen-bond donors (Lipinski definition) is 1. The lowest BCUT2D eigenvalue weighted by Crippen LogP contribution is -2.39. The predicted octanol–water partition coefficient (Wildman–Crippen LogP) is 1.50. The van der Waals surface area contributed by atoms with Crippen LogP contribution in [0.5, 0.6) is 0 Å². The summed E-state index contributed by atoms with van der Waals surface area (Å²) in [5.41, 5.74) is 0. The third kappa shape index (κ3) is 3.54. The predicted molar refractivity (Wildman–Crippen MR) is 51.6 cm³/mol. The topological polar surface area (TPSA) is 46.2 Å². The first-order chi connectivity index (χ1) is 5.31. The highest BCUT2D eigenvalue weighted by atomic mass is 32.2. The van der Waals surface area contributed by atoms with Gasteiger partial charge in [0.1, 0.15) is 0 Å². The molecule has 74 valence electrons. The fourth-order valence-electron chi connectivity index (χ4n) is 0.600. The fraction of sp³-hybridized carbons (Fsp3) is 1.00. The molecule has 0 aliphatic heterocycles. The van der Waals surface area contributed by atoms with Crippen molar-refractivity contribution in [1.82, 2.24) is 4.72 Å². The zero-order chi connectivity index (χ0) is 9.83. The zero-order valence-corrected chi connectivity index (χ0v) is 9.16. The minimum absolute atomic E-state index is 0.552. The molecule has 0 spiro atoms. The van der Waals surface area contributed by atoms with Crippen LogP contribution in [0, 0.1) is 0 Å². The SMILES string of the molecule is CCCCNS(=O)(=O)C(C)(C)C. The molecule has 1 N–H and O–H groups in total. The normalized spacial score (nSPS) is 13.3. The van der Waals surface area contributed by atoms with Gasteiger partial charge in [-0.25, -0.2) is 13.1 Å². The maximum atomic E-state index is 11.4. The molecule has 0 saturated heterocycles. The van der Waals surface area contributed by atoms with Gasteiger partial charge in [0, 0.05) is 6.54 Å². The van der Waals surface area contributed by atoms with Gasteiger partial charge in [-0.05, 0) is 27.2 Å². The van der Waals surface area contributed by atoms with Crippen LogP contribution < -0.4 is 4.72 Å². The first-order valence-electron chi connectivity index (χ1n) is 4.30. The van der Waals surface area contributed by atoms with E-state index in [9.17, 15) is 8.42 Å². The third-order valence-corrected chi connectivity index (χ3v) is 3.83. The first-order valence-corrected chi connectivity index (χ1v) is 5.79. The lowest BCUT2D eigenvalue weighted by molar-refractivity contribution is 0.542. The molecule has 0 fully saturated rings. The average molecular weight is 193 g/mol. The van der Waals surface area contributed by atoms with E-state index in [4.69, 9.17) is 0 Å². The summed E-state index contributed by atoms with van der Waals surface area (Å²) in [4.78, 5) is 0. The van der Waals surface area contributed by atoms with Crippen molar-refractivity contribution in [2.75, 3.05) is 6.54 Å². The molecule has 0 atom stereocenters. The van der Waals surface area contributed by atoms with Crippen LogP contribution in [-0.2, 0) is 10.0 Å². The molecule has 0 aromatic rings. The van der Waals surface area contributed by atoms with Gasteiger partial charge in [-0.2, -0.15) is 0 Å². The van der Waals surface area contributed by atoms with Gasteiger partial charge in [-0.3, -0.25) is 0 Å². The van der Waals surface area contributed by atoms with Crippen molar-refractivity contribution < 1.29 is 8.42 Å². The minimum Gasteiger partial charge on any atom is -0.215 e. The molecule has 0 saturated carbocycles. The van der Waals surface area contributed by atoms with Crippen LogP contribution in [0.4, 0.5) is 0 Å². The maximum absolute atomic E-state index is 11.4. The van der Waals surface area contributed by atoms with Crippen molar-refractivity contribution in [1.29, 1.82) is 0 Å². The third-order valence-electron chi connectivity index (χ3n) is 1.63. The van der Waals surface area contributed by atoms with Gasteiger partial charge < -0.3 is 0 Å². The standard InChI is InChI=1S/C8H19NO2S/c1-5-6-7-9-12(10,11)8(2,3)4/h9H,5-7H2,1-4H3. The molecule has 0 radical (unpaired) electrons. The monoisotopic (exact) mass is 193 g/mol. The summed E-state index contributed by atoms with van der Waals surface area (Å²) in [5.74, 6) is 0. The highest BCUT2D eigenvalue weighted by molar-refractivity contribution is 7.90. The molecule has 0 aliphatic carbocycles. The number of sulfonamides is 1. The molecule has 0 rings (SSSR count). The van der Waals surface area contributed by atoms with Crippen molar-refractivity contribution >= 4 is 10.0 Å². The van der Waals surface area contributed by atoms with Crippen LogP contribution in [0.3, 0.4) is 0 Å². The molecule has 4 heteroatoms. The van der Waals surface area contributed by atoms with E-state index in [0.29, 0.717) is 6.54 Å². The Kier molecular flexibility index (Phi) is 4.20. The highest BCUT2D eigenvalue weighted by Gasteiger charge is 2.27. The molecular formula is C8H19NO2S. The largest absolute Gasteiger partial charge is 0.216 e. The summed E-state index contributed by atoms with van der Waals surface area (Å²) >= 11 is 0. The van der Waals surface area contributed by atoms with Crippen molar-refractivity contribution in [2.45, 2.75) is 45.3 Å². The van der Waals surface area contributed by atoms with Crippen LogP contribution in [0.1, 0.15) is 40.5 Å². The summed E-state index contributed by atoms with van der Waals surface area (Å²) < 4.78 is 24.7. The van der Waals surface area contributed by atoms with Gasteiger partial charge in [0.2, 0.25) is 10.0 Å². The van der Waals surface area contributed by atoms with E-state index in [1.807, 2.05) is 6.92 Å². The van der Waals surface area contributed by atoms with E-state index in [-0.39, 0.29) is 0 Å². The van der Waals surface area contributed by atoms with E-state index in [1.54, 1.807) is 20.8 Å². The van der Waals surface area contributed by atoms with E-state index >= 15 is 0 Å². The number of hydrogen-bond acceptors (Lipinski definition) is 2. The molecule has 0 unspecified atom stereocenters. The van der Waals surface area contributed by atoms with E-state index in [2.05, 4.69) is 4.72 Å². The highest BCUT2D eigenvalue weighted by Crippen LogP contribution is 2.12. The van der Waals surface area contributed by atoms with Gasteiger partial charge in [-0.1, -0.05) is 13.3 Å². The Labute approximate surface area is 75.6 Å². The number of nitrogens with one attached hydrogen (secondary N) is 1. The minimum atomic E-state index is -3.12. The van der Waals surface area contributed by atoms with E-state index in [1.165, 1.54) is 0 Å². The van der Waals surface area contributed by atoms with Gasteiger partial charge >= 0.3 is 0 Å². The van der Waals surface area contributed by atoms with Crippen molar-refractivity contribution in [3.05, 3.63) is 0 Å². The van der Waals surface area contributed by atoms with Crippen LogP contribution in [0.25, 0.3) is 0 Å². The Morgan fingerprint density at radius 1 is 1.25 bits per heavy atom. The molecule has 0 aromatic heterocycles. The maximum Gasteiger partial charge on any atom is 0.216 e. The zero-order valence-electron chi connectivity index (χ0n) is 8.35. The van der Waals surface area contributed by atoms with Gasteiger partial charge in [0.25, 0.3) is 0 Å². The van der Waals surface area contributed by atoms with E-state index in [0.717, 1.165) is 12.8 Å². The molecule has 0 bridgehead atoms. The van der Waals surface area contributed by atoms with Crippen LogP contribution in [0.2, 0.25) is 0 Å². The second kappa shape index (κ2) is 4.23. The number of rotatable bonds is 4. The average Bonchev–Trinajstić information content (AvgIpc) is 1.85. The number of unbranched alkanes of at least 4 members (excludes halogenated alkanes) is 1. The Morgan fingerprint density at radius 3 is 2.08 bits per heavy atom. The molecule has 0 amide bonds. The van der Waals surface area contributed by atoms with E-state index < -0.39 is 14.8 Å². The van der Waals surface area contributed by atoms with Crippen LogP contribution in [-0.4, -0.2) is 19.7 Å². The molecular weight excluding hydrogens is 174 g/mol. The summed E-state index contributed by atoms with van der Waals surface area (Å²) in [6.45, 7) is 7.67. The Morgan fingerprint density at radius 2 is 1.75 bits per heavy atom. The molecule has 0 aromatic carbocycles. The molecule has 0 heterocycles. The lowest BCUT2D eigenvalue weighted by atomic mass is 10.3. The van der Waals surface area contributed by atoms with Crippen molar-refractivity contribution in [2.24, 2.45) is 0 Å². The molecule has 3 nitrogen and oxygen atoms in total. The Balaban J connectivity index is 4.08. The smallest absolute Gasteiger partial charge is 0.215 e. The van der Waals surface area contributed by atoms with Crippen molar-refractivity contribution in [3.63, 3.8) is 0 Å². The fourth-order valence-corrected chi connectivity index (χ4v) is 1.45. The second-order valence-corrected chi connectivity index (χ2v) is 6.38. The lowest BCUT2D eigenvalue weighted by Gasteiger charge is -2.19. The summed E-state index contributed by atoms with van der Waals surface area (Å²) in [5, 5.41) is 0. The molecule has 12 heavy (non-hydrogen) atoms. The van der Waals surface area contributed by atoms with Crippen molar-refractivity contribution in [3.8, 4) is 0 Å². The molecule has 0 aliphatic rings. The summed E-state index contributed by atoms with van der Waals surface area (Å²) in [7, 11) is -3.12. The summed E-state index contributed by atoms with van der Waals surface area (Å²) in [6.07, 6.45) is 1.90. The Hall–Kier alpha value is -0.0900. The second-order valence-electron chi connectivity index (χ2n) is 3.86. The first kappa shape index (κ1) is 11.9. The van der Waals surface area contributed by atoms with Gasteiger partial charge in [-0.15, -0.1) is 0 Å². The quantitative estimate of drug-likeness (QED) is 0.688.